The van der Waals surface area contributed by atoms with E-state index in [0.29, 0.717) is 6.42 Å². The van der Waals surface area contributed by atoms with Gasteiger partial charge in [-0.15, -0.1) is 0 Å². The van der Waals surface area contributed by atoms with Crippen molar-refractivity contribution in [2.75, 3.05) is 12.4 Å². The van der Waals surface area contributed by atoms with Crippen molar-refractivity contribution in [1.82, 2.24) is 9.97 Å². The quantitative estimate of drug-likeness (QED) is 0.459. The predicted molar refractivity (Wildman–Crippen MR) is 116 cm³/mol. The molecule has 0 saturated heterocycles. The number of anilines is 1. The van der Waals surface area contributed by atoms with Gasteiger partial charge in [0.2, 0.25) is 5.91 Å². The number of carbonyl (C=O) groups excluding carboxylic acids is 1. The summed E-state index contributed by atoms with van der Waals surface area (Å²) in [6, 6.07) is 21.5. The standard InChI is InChI=1S/C24H23N3O2/c1-29-18-9-6-8-17(16-18)26-23(28)14-7-11-20-19-10-2-3-12-21(19)27-24(20)22-13-4-5-15-25-22/h2-6,8-10,12-13,15-16,27H,7,11,14H2,1H3,(H,26,28). The van der Waals surface area contributed by atoms with E-state index in [9.17, 15) is 4.79 Å². The van der Waals surface area contributed by atoms with Crippen LogP contribution in [0.4, 0.5) is 5.69 Å². The van der Waals surface area contributed by atoms with Crippen molar-refractivity contribution < 1.29 is 9.53 Å². The highest BCUT2D eigenvalue weighted by molar-refractivity contribution is 5.92. The normalized spacial score (nSPS) is 10.8. The van der Waals surface area contributed by atoms with Crippen molar-refractivity contribution in [2.24, 2.45) is 0 Å². The van der Waals surface area contributed by atoms with Gasteiger partial charge in [0.05, 0.1) is 18.5 Å². The van der Waals surface area contributed by atoms with Crippen LogP contribution in [0.3, 0.4) is 0 Å². The summed E-state index contributed by atoms with van der Waals surface area (Å²) in [5, 5.41) is 4.12. The van der Waals surface area contributed by atoms with Crippen LogP contribution in [0.25, 0.3) is 22.3 Å². The van der Waals surface area contributed by atoms with E-state index < -0.39 is 0 Å². The minimum atomic E-state index is -0.00233. The van der Waals surface area contributed by atoms with Gasteiger partial charge in [-0.05, 0) is 48.7 Å². The van der Waals surface area contributed by atoms with E-state index in [1.807, 2.05) is 54.6 Å². The van der Waals surface area contributed by atoms with Crippen LogP contribution in [-0.2, 0) is 11.2 Å². The summed E-state index contributed by atoms with van der Waals surface area (Å²) in [5.41, 5.74) is 4.98. The van der Waals surface area contributed by atoms with Crippen molar-refractivity contribution >= 4 is 22.5 Å². The summed E-state index contributed by atoms with van der Waals surface area (Å²) in [5.74, 6) is 0.721. The molecule has 0 aliphatic carbocycles. The summed E-state index contributed by atoms with van der Waals surface area (Å²) < 4.78 is 5.20. The molecule has 5 nitrogen and oxygen atoms in total. The van der Waals surface area contributed by atoms with E-state index in [4.69, 9.17) is 4.74 Å². The highest BCUT2D eigenvalue weighted by atomic mass is 16.5. The van der Waals surface area contributed by atoms with Crippen molar-refractivity contribution in [2.45, 2.75) is 19.3 Å². The number of amides is 1. The Kier molecular flexibility index (Phi) is 5.56. The molecule has 2 N–H and O–H groups in total. The van der Waals surface area contributed by atoms with Crippen molar-refractivity contribution in [3.05, 3.63) is 78.5 Å². The second kappa shape index (κ2) is 8.61. The number of fused-ring (bicyclic) bond motifs is 1. The topological polar surface area (TPSA) is 67.0 Å². The number of nitrogens with one attached hydrogen (secondary N) is 2. The molecule has 2 aromatic heterocycles. The number of methoxy groups -OCH3 is 1. The molecule has 0 aliphatic heterocycles. The number of ether oxygens (including phenoxy) is 1. The van der Waals surface area contributed by atoms with E-state index in [2.05, 4.69) is 27.4 Å². The van der Waals surface area contributed by atoms with E-state index >= 15 is 0 Å². The van der Waals surface area contributed by atoms with Gasteiger partial charge in [-0.2, -0.15) is 0 Å². The smallest absolute Gasteiger partial charge is 0.224 e. The van der Waals surface area contributed by atoms with Gasteiger partial charge in [0.25, 0.3) is 0 Å². The maximum absolute atomic E-state index is 12.4. The fraction of sp³-hybridized carbons (Fsp3) is 0.167. The summed E-state index contributed by atoms with van der Waals surface area (Å²) in [6.07, 6.45) is 3.78. The van der Waals surface area contributed by atoms with Crippen LogP contribution in [0.5, 0.6) is 5.75 Å². The molecule has 146 valence electrons. The maximum Gasteiger partial charge on any atom is 0.224 e. The summed E-state index contributed by atoms with van der Waals surface area (Å²) in [7, 11) is 1.61. The first-order valence-electron chi connectivity index (χ1n) is 9.69. The zero-order chi connectivity index (χ0) is 20.1. The van der Waals surface area contributed by atoms with Gasteiger partial charge in [-0.25, -0.2) is 0 Å². The number of aromatic nitrogens is 2. The molecule has 5 heteroatoms. The second-order valence-electron chi connectivity index (χ2n) is 6.87. The number of aromatic amines is 1. The summed E-state index contributed by atoms with van der Waals surface area (Å²) >= 11 is 0. The van der Waals surface area contributed by atoms with E-state index in [1.165, 1.54) is 10.9 Å². The third-order valence-electron chi connectivity index (χ3n) is 4.92. The number of benzene rings is 2. The largest absolute Gasteiger partial charge is 0.497 e. The summed E-state index contributed by atoms with van der Waals surface area (Å²) in [6.45, 7) is 0. The van der Waals surface area contributed by atoms with Crippen LogP contribution in [0, 0.1) is 0 Å². The first-order valence-corrected chi connectivity index (χ1v) is 9.69. The zero-order valence-corrected chi connectivity index (χ0v) is 16.3. The average Bonchev–Trinajstić information content (AvgIpc) is 3.13. The molecular weight excluding hydrogens is 362 g/mol. The lowest BCUT2D eigenvalue weighted by atomic mass is 10.0. The van der Waals surface area contributed by atoms with Crippen molar-refractivity contribution in [1.29, 1.82) is 0 Å². The number of pyridine rings is 1. The van der Waals surface area contributed by atoms with Gasteiger partial charge < -0.3 is 15.0 Å². The third-order valence-corrected chi connectivity index (χ3v) is 4.92. The van der Waals surface area contributed by atoms with Gasteiger partial charge in [-0.3, -0.25) is 9.78 Å². The molecule has 0 spiro atoms. The molecule has 0 radical (unpaired) electrons. The van der Waals surface area contributed by atoms with Crippen LogP contribution in [0.1, 0.15) is 18.4 Å². The molecule has 0 unspecified atom stereocenters. The van der Waals surface area contributed by atoms with Gasteiger partial charge in [0.15, 0.2) is 0 Å². The SMILES string of the molecule is COc1cccc(NC(=O)CCCc2c(-c3ccccn3)[nH]c3ccccc23)c1. The number of hydrogen-bond donors (Lipinski definition) is 2. The van der Waals surface area contributed by atoms with Crippen LogP contribution in [-0.4, -0.2) is 23.0 Å². The number of hydrogen-bond acceptors (Lipinski definition) is 3. The molecule has 4 aromatic rings. The molecule has 0 saturated carbocycles. The zero-order valence-electron chi connectivity index (χ0n) is 16.3. The number of H-pyrrole nitrogens is 1. The molecule has 0 aliphatic rings. The first kappa shape index (κ1) is 18.7. The lowest BCUT2D eigenvalue weighted by Crippen LogP contribution is -2.11. The number of aryl methyl sites for hydroxylation is 1. The number of carbonyl (C=O) groups is 1. The fourth-order valence-electron chi connectivity index (χ4n) is 3.54. The molecule has 29 heavy (non-hydrogen) atoms. The van der Waals surface area contributed by atoms with Gasteiger partial charge in [-0.1, -0.05) is 30.3 Å². The molecule has 0 atom stereocenters. The Morgan fingerprint density at radius 3 is 2.76 bits per heavy atom. The molecule has 4 rings (SSSR count). The minimum absolute atomic E-state index is 0.00233. The third kappa shape index (κ3) is 4.29. The Labute approximate surface area is 169 Å². The minimum Gasteiger partial charge on any atom is -0.497 e. The van der Waals surface area contributed by atoms with Crippen LogP contribution >= 0.6 is 0 Å². The Balaban J connectivity index is 1.47. The average molecular weight is 385 g/mol. The van der Waals surface area contributed by atoms with Gasteiger partial charge >= 0.3 is 0 Å². The van der Waals surface area contributed by atoms with Crippen LogP contribution in [0.2, 0.25) is 0 Å². The highest BCUT2D eigenvalue weighted by Crippen LogP contribution is 2.30. The van der Waals surface area contributed by atoms with Crippen molar-refractivity contribution in [3.8, 4) is 17.1 Å². The fourth-order valence-corrected chi connectivity index (χ4v) is 3.54. The highest BCUT2D eigenvalue weighted by Gasteiger charge is 2.14. The van der Waals surface area contributed by atoms with E-state index in [1.54, 1.807) is 13.3 Å². The molecule has 2 aromatic carbocycles. The molecule has 0 bridgehead atoms. The summed E-state index contributed by atoms with van der Waals surface area (Å²) in [4.78, 5) is 20.4. The lowest BCUT2D eigenvalue weighted by molar-refractivity contribution is -0.116. The van der Waals surface area contributed by atoms with Crippen LogP contribution < -0.4 is 10.1 Å². The number of nitrogens with zero attached hydrogens (tertiary/aromatic N) is 1. The molecule has 0 fully saturated rings. The van der Waals surface area contributed by atoms with Gasteiger partial charge in [0.1, 0.15) is 5.75 Å². The van der Waals surface area contributed by atoms with E-state index in [-0.39, 0.29) is 5.91 Å². The van der Waals surface area contributed by atoms with Crippen LogP contribution in [0.15, 0.2) is 72.9 Å². The maximum atomic E-state index is 12.4. The first-order chi connectivity index (χ1) is 14.2. The lowest BCUT2D eigenvalue weighted by Gasteiger charge is -2.08. The monoisotopic (exact) mass is 385 g/mol. The second-order valence-corrected chi connectivity index (χ2v) is 6.87. The molecule has 2 heterocycles. The Hall–Kier alpha value is -3.60. The van der Waals surface area contributed by atoms with Gasteiger partial charge in [0, 0.05) is 35.3 Å². The molecular formula is C24H23N3O2. The van der Waals surface area contributed by atoms with Crippen molar-refractivity contribution in [3.63, 3.8) is 0 Å². The predicted octanol–water partition coefficient (Wildman–Crippen LogP) is 5.20. The van der Waals surface area contributed by atoms with E-state index in [0.717, 1.165) is 41.2 Å². The molecule has 1 amide bonds. The number of para-hydroxylation sites is 1. The Morgan fingerprint density at radius 2 is 1.93 bits per heavy atom. The Bertz CT molecular complexity index is 1120. The number of rotatable bonds is 7. The Morgan fingerprint density at radius 1 is 1.07 bits per heavy atom.